The van der Waals surface area contributed by atoms with E-state index in [9.17, 15) is 14.7 Å². The number of aliphatic hydroxyl groups is 1. The van der Waals surface area contributed by atoms with Crippen LogP contribution < -0.4 is 4.74 Å². The van der Waals surface area contributed by atoms with E-state index < -0.39 is 17.7 Å². The van der Waals surface area contributed by atoms with Gasteiger partial charge in [-0.25, -0.2) is 0 Å². The number of ether oxygens (including phenoxy) is 1. The Morgan fingerprint density at radius 2 is 1.77 bits per heavy atom. The molecule has 1 aromatic heterocycles. The molecule has 1 unspecified atom stereocenters. The van der Waals surface area contributed by atoms with E-state index in [1.54, 1.807) is 36.7 Å². The maximum absolute atomic E-state index is 13.3. The molecule has 1 aliphatic heterocycles. The number of likely N-dealkylation sites (tertiary alicyclic amines) is 1. The standard InChI is InChI=1S/C29H30N2O4/c1-4-16-35-24-7-5-6-23(17-24)27(32)25-26(22-10-8-21(9-11-22)19(2)3)31(29(34)28(25)33)18-20-12-14-30-15-13-20/h5-15,17,19,26,32H,4,16,18H2,1-3H3/b27-25+. The quantitative estimate of drug-likeness (QED) is 0.263. The van der Waals surface area contributed by atoms with Crippen LogP contribution in [0.25, 0.3) is 5.76 Å². The molecule has 0 radical (unpaired) electrons. The van der Waals surface area contributed by atoms with Gasteiger partial charge in [0.1, 0.15) is 11.5 Å². The largest absolute Gasteiger partial charge is 0.507 e. The molecule has 6 nitrogen and oxygen atoms in total. The fourth-order valence-corrected chi connectivity index (χ4v) is 4.25. The van der Waals surface area contributed by atoms with Crippen LogP contribution in [0.2, 0.25) is 0 Å². The molecule has 180 valence electrons. The number of amides is 1. The molecular formula is C29H30N2O4. The molecule has 2 heterocycles. The van der Waals surface area contributed by atoms with Gasteiger partial charge in [0.15, 0.2) is 0 Å². The van der Waals surface area contributed by atoms with Crippen LogP contribution in [0.5, 0.6) is 5.75 Å². The van der Waals surface area contributed by atoms with Gasteiger partial charge in [-0.15, -0.1) is 0 Å². The first-order chi connectivity index (χ1) is 16.9. The number of hydrogen-bond acceptors (Lipinski definition) is 5. The fraction of sp³-hybridized carbons (Fsp3) is 0.276. The highest BCUT2D eigenvalue weighted by molar-refractivity contribution is 6.46. The molecule has 0 spiro atoms. The Hall–Kier alpha value is -3.93. The number of aromatic nitrogens is 1. The van der Waals surface area contributed by atoms with E-state index in [0.29, 0.717) is 23.8 Å². The third-order valence-electron chi connectivity index (χ3n) is 6.14. The number of pyridine rings is 1. The summed E-state index contributed by atoms with van der Waals surface area (Å²) in [4.78, 5) is 32.1. The van der Waals surface area contributed by atoms with E-state index in [1.807, 2.05) is 43.3 Å². The number of nitrogens with zero attached hydrogens (tertiary/aromatic N) is 2. The van der Waals surface area contributed by atoms with Gasteiger partial charge in [-0.05, 0) is 53.3 Å². The summed E-state index contributed by atoms with van der Waals surface area (Å²) >= 11 is 0. The molecule has 1 aliphatic rings. The summed E-state index contributed by atoms with van der Waals surface area (Å²) in [5.41, 5.74) is 3.28. The molecule has 2 aromatic carbocycles. The summed E-state index contributed by atoms with van der Waals surface area (Å²) in [5.74, 6) is -0.604. The molecule has 6 heteroatoms. The van der Waals surface area contributed by atoms with Crippen molar-refractivity contribution < 1.29 is 19.4 Å². The van der Waals surface area contributed by atoms with Crippen molar-refractivity contribution in [2.45, 2.75) is 45.7 Å². The Balaban J connectivity index is 1.82. The Labute approximate surface area is 205 Å². The molecule has 35 heavy (non-hydrogen) atoms. The summed E-state index contributed by atoms with van der Waals surface area (Å²) in [6.07, 6.45) is 4.16. The van der Waals surface area contributed by atoms with Crippen LogP contribution in [-0.2, 0) is 16.1 Å². The molecule has 3 aromatic rings. The van der Waals surface area contributed by atoms with Crippen molar-refractivity contribution in [1.82, 2.24) is 9.88 Å². The van der Waals surface area contributed by atoms with Crippen molar-refractivity contribution >= 4 is 17.4 Å². The zero-order valence-electron chi connectivity index (χ0n) is 20.3. The van der Waals surface area contributed by atoms with Gasteiger partial charge in [-0.1, -0.05) is 57.2 Å². The minimum atomic E-state index is -0.718. The molecular weight excluding hydrogens is 440 g/mol. The second-order valence-electron chi connectivity index (χ2n) is 8.98. The third-order valence-corrected chi connectivity index (χ3v) is 6.14. The van der Waals surface area contributed by atoms with Crippen molar-refractivity contribution in [3.63, 3.8) is 0 Å². The van der Waals surface area contributed by atoms with E-state index in [4.69, 9.17) is 4.74 Å². The normalized spacial score (nSPS) is 17.3. The molecule has 1 amide bonds. The van der Waals surface area contributed by atoms with Gasteiger partial charge in [0.2, 0.25) is 0 Å². The van der Waals surface area contributed by atoms with Gasteiger partial charge in [-0.3, -0.25) is 14.6 Å². The summed E-state index contributed by atoms with van der Waals surface area (Å²) in [6, 6.07) is 17.8. The lowest BCUT2D eigenvalue weighted by atomic mass is 9.93. The number of carbonyl (C=O) groups is 2. The monoisotopic (exact) mass is 470 g/mol. The maximum atomic E-state index is 13.3. The summed E-state index contributed by atoms with van der Waals surface area (Å²) in [7, 11) is 0. The van der Waals surface area contributed by atoms with Crippen LogP contribution in [0.3, 0.4) is 0 Å². The first-order valence-corrected chi connectivity index (χ1v) is 11.9. The average Bonchev–Trinajstić information content (AvgIpc) is 3.12. The Bertz CT molecular complexity index is 1230. The summed E-state index contributed by atoms with van der Waals surface area (Å²) in [5, 5.41) is 11.3. The van der Waals surface area contributed by atoms with Crippen LogP contribution in [0, 0.1) is 0 Å². The number of Topliss-reactive ketones (excluding diaryl/α,β-unsaturated/α-hetero) is 1. The molecule has 0 saturated carbocycles. The van der Waals surface area contributed by atoms with Gasteiger partial charge in [-0.2, -0.15) is 0 Å². The molecule has 0 bridgehead atoms. The van der Waals surface area contributed by atoms with Crippen LogP contribution in [-0.4, -0.2) is 33.3 Å². The van der Waals surface area contributed by atoms with Crippen molar-refractivity contribution in [2.24, 2.45) is 0 Å². The number of benzene rings is 2. The lowest BCUT2D eigenvalue weighted by Crippen LogP contribution is -2.29. The van der Waals surface area contributed by atoms with Crippen LogP contribution in [0.1, 0.15) is 61.4 Å². The van der Waals surface area contributed by atoms with E-state index >= 15 is 0 Å². The van der Waals surface area contributed by atoms with E-state index in [0.717, 1.165) is 23.1 Å². The first kappa shape index (κ1) is 24.2. The van der Waals surface area contributed by atoms with Crippen LogP contribution in [0.4, 0.5) is 0 Å². The lowest BCUT2D eigenvalue weighted by Gasteiger charge is -2.26. The maximum Gasteiger partial charge on any atom is 0.295 e. The topological polar surface area (TPSA) is 79.7 Å². The number of aliphatic hydroxyl groups excluding tert-OH is 1. The molecule has 1 atom stereocenters. The molecule has 1 N–H and O–H groups in total. The van der Waals surface area contributed by atoms with Crippen molar-refractivity contribution in [2.75, 3.05) is 6.61 Å². The zero-order valence-corrected chi connectivity index (χ0v) is 20.3. The SMILES string of the molecule is CCCOc1cccc(/C(O)=C2\C(=O)C(=O)N(Cc3ccncc3)C2c2ccc(C(C)C)cc2)c1. The second-order valence-corrected chi connectivity index (χ2v) is 8.98. The molecule has 0 aliphatic carbocycles. The number of rotatable bonds is 8. The molecule has 1 saturated heterocycles. The van der Waals surface area contributed by atoms with Gasteiger partial charge >= 0.3 is 0 Å². The van der Waals surface area contributed by atoms with E-state index in [1.165, 1.54) is 4.90 Å². The van der Waals surface area contributed by atoms with Gasteiger partial charge < -0.3 is 14.7 Å². The molecule has 1 fully saturated rings. The van der Waals surface area contributed by atoms with Crippen molar-refractivity contribution in [1.29, 1.82) is 0 Å². The Morgan fingerprint density at radius 3 is 2.43 bits per heavy atom. The first-order valence-electron chi connectivity index (χ1n) is 11.9. The van der Waals surface area contributed by atoms with E-state index in [-0.39, 0.29) is 17.9 Å². The minimum absolute atomic E-state index is 0.0778. The second kappa shape index (κ2) is 10.6. The molecule has 4 rings (SSSR count). The lowest BCUT2D eigenvalue weighted by molar-refractivity contribution is -0.140. The highest BCUT2D eigenvalue weighted by atomic mass is 16.5. The van der Waals surface area contributed by atoms with Crippen molar-refractivity contribution in [3.05, 3.63) is 101 Å². The average molecular weight is 471 g/mol. The third kappa shape index (κ3) is 5.11. The zero-order chi connectivity index (χ0) is 24.9. The van der Waals surface area contributed by atoms with Gasteiger partial charge in [0, 0.05) is 24.5 Å². The number of hydrogen-bond donors (Lipinski definition) is 1. The van der Waals surface area contributed by atoms with Gasteiger partial charge in [0.05, 0.1) is 18.2 Å². The van der Waals surface area contributed by atoms with E-state index in [2.05, 4.69) is 18.8 Å². The minimum Gasteiger partial charge on any atom is -0.507 e. The smallest absolute Gasteiger partial charge is 0.295 e. The highest BCUT2D eigenvalue weighted by Gasteiger charge is 2.46. The Kier molecular flexibility index (Phi) is 7.30. The highest BCUT2D eigenvalue weighted by Crippen LogP contribution is 2.40. The number of ketones is 1. The number of carbonyl (C=O) groups excluding carboxylic acids is 2. The summed E-state index contributed by atoms with van der Waals surface area (Å²) in [6.45, 7) is 7.00. The predicted molar refractivity (Wildman–Crippen MR) is 135 cm³/mol. The predicted octanol–water partition coefficient (Wildman–Crippen LogP) is 5.62. The fourth-order valence-electron chi connectivity index (χ4n) is 4.25. The van der Waals surface area contributed by atoms with Crippen LogP contribution in [0.15, 0.2) is 78.6 Å². The summed E-state index contributed by atoms with van der Waals surface area (Å²) < 4.78 is 5.70. The van der Waals surface area contributed by atoms with Crippen molar-refractivity contribution in [3.8, 4) is 5.75 Å². The Morgan fingerprint density at radius 1 is 1.06 bits per heavy atom. The van der Waals surface area contributed by atoms with Crippen LogP contribution >= 0.6 is 0 Å². The van der Waals surface area contributed by atoms with Gasteiger partial charge in [0.25, 0.3) is 11.7 Å².